The van der Waals surface area contributed by atoms with Crippen molar-refractivity contribution in [2.45, 2.75) is 51.0 Å². The van der Waals surface area contributed by atoms with E-state index in [1.54, 1.807) is 0 Å². The maximum Gasteiger partial charge on any atom is 0.0366 e. The number of anilines is 1. The SMILES string of the molecule is N[C@@H](c1ccc(N2CCCC2)cc1)C1CCCCC1. The van der Waals surface area contributed by atoms with E-state index < -0.39 is 0 Å². The molecule has 0 unspecified atom stereocenters. The number of benzene rings is 1. The van der Waals surface area contributed by atoms with Gasteiger partial charge in [0.05, 0.1) is 0 Å². The van der Waals surface area contributed by atoms with Crippen molar-refractivity contribution >= 4 is 5.69 Å². The molecule has 2 heteroatoms. The van der Waals surface area contributed by atoms with Crippen LogP contribution in [-0.4, -0.2) is 13.1 Å². The number of nitrogens with zero attached hydrogens (tertiary/aromatic N) is 1. The van der Waals surface area contributed by atoms with Crippen molar-refractivity contribution in [3.63, 3.8) is 0 Å². The van der Waals surface area contributed by atoms with Gasteiger partial charge >= 0.3 is 0 Å². The molecular formula is C17H26N2. The van der Waals surface area contributed by atoms with Gasteiger partial charge in [-0.05, 0) is 49.3 Å². The van der Waals surface area contributed by atoms with Crippen LogP contribution in [0.3, 0.4) is 0 Å². The fourth-order valence-corrected chi connectivity index (χ4v) is 3.65. The summed E-state index contributed by atoms with van der Waals surface area (Å²) in [6.45, 7) is 2.43. The van der Waals surface area contributed by atoms with Crippen molar-refractivity contribution in [1.82, 2.24) is 0 Å². The van der Waals surface area contributed by atoms with E-state index >= 15 is 0 Å². The third kappa shape index (κ3) is 2.94. The van der Waals surface area contributed by atoms with Crippen molar-refractivity contribution < 1.29 is 0 Å². The van der Waals surface area contributed by atoms with Crippen LogP contribution in [0.5, 0.6) is 0 Å². The lowest BCUT2D eigenvalue weighted by Gasteiger charge is -2.28. The highest BCUT2D eigenvalue weighted by atomic mass is 15.1. The molecule has 0 spiro atoms. The highest BCUT2D eigenvalue weighted by molar-refractivity contribution is 5.48. The molecule has 19 heavy (non-hydrogen) atoms. The third-order valence-electron chi connectivity index (χ3n) is 4.91. The van der Waals surface area contributed by atoms with Gasteiger partial charge in [0, 0.05) is 24.8 Å². The Kier molecular flexibility index (Phi) is 4.07. The van der Waals surface area contributed by atoms with Gasteiger partial charge in [-0.1, -0.05) is 31.4 Å². The molecule has 1 aliphatic heterocycles. The van der Waals surface area contributed by atoms with Gasteiger partial charge in [-0.25, -0.2) is 0 Å². The Balaban J connectivity index is 1.67. The molecule has 2 aliphatic rings. The molecule has 1 heterocycles. The van der Waals surface area contributed by atoms with E-state index in [1.807, 2.05) is 0 Å². The predicted molar refractivity (Wildman–Crippen MR) is 81.4 cm³/mol. The maximum atomic E-state index is 6.46. The quantitative estimate of drug-likeness (QED) is 0.892. The van der Waals surface area contributed by atoms with E-state index in [2.05, 4.69) is 29.2 Å². The van der Waals surface area contributed by atoms with Gasteiger partial charge in [0.2, 0.25) is 0 Å². The first-order valence-corrected chi connectivity index (χ1v) is 7.95. The van der Waals surface area contributed by atoms with Gasteiger partial charge in [-0.3, -0.25) is 0 Å². The number of hydrogen-bond donors (Lipinski definition) is 1. The van der Waals surface area contributed by atoms with Crippen LogP contribution < -0.4 is 10.6 Å². The normalized spacial score (nSPS) is 22.7. The summed E-state index contributed by atoms with van der Waals surface area (Å²) >= 11 is 0. The Hall–Kier alpha value is -1.02. The third-order valence-corrected chi connectivity index (χ3v) is 4.91. The lowest BCUT2D eigenvalue weighted by atomic mass is 9.81. The van der Waals surface area contributed by atoms with Crippen molar-refractivity contribution in [2.75, 3.05) is 18.0 Å². The second-order valence-corrected chi connectivity index (χ2v) is 6.21. The van der Waals surface area contributed by atoms with Crippen LogP contribution in [0.25, 0.3) is 0 Å². The second-order valence-electron chi connectivity index (χ2n) is 6.21. The molecule has 2 nitrogen and oxygen atoms in total. The van der Waals surface area contributed by atoms with Crippen LogP contribution in [0, 0.1) is 5.92 Å². The fraction of sp³-hybridized carbons (Fsp3) is 0.647. The van der Waals surface area contributed by atoms with E-state index in [4.69, 9.17) is 5.73 Å². The maximum absolute atomic E-state index is 6.46. The van der Waals surface area contributed by atoms with Crippen molar-refractivity contribution in [3.8, 4) is 0 Å². The van der Waals surface area contributed by atoms with E-state index in [1.165, 1.54) is 69.3 Å². The fourth-order valence-electron chi connectivity index (χ4n) is 3.65. The topological polar surface area (TPSA) is 29.3 Å². The second kappa shape index (κ2) is 5.96. The summed E-state index contributed by atoms with van der Waals surface area (Å²) in [5, 5.41) is 0. The van der Waals surface area contributed by atoms with Crippen LogP contribution in [-0.2, 0) is 0 Å². The molecule has 1 atom stereocenters. The molecule has 1 saturated carbocycles. The molecule has 0 radical (unpaired) electrons. The Morgan fingerprint density at radius 1 is 0.895 bits per heavy atom. The molecular weight excluding hydrogens is 232 g/mol. The van der Waals surface area contributed by atoms with E-state index in [9.17, 15) is 0 Å². The summed E-state index contributed by atoms with van der Waals surface area (Å²) in [7, 11) is 0. The number of rotatable bonds is 3. The Morgan fingerprint density at radius 2 is 1.53 bits per heavy atom. The van der Waals surface area contributed by atoms with Crippen LogP contribution in [0.1, 0.15) is 56.6 Å². The summed E-state index contributed by atoms with van der Waals surface area (Å²) in [6, 6.07) is 9.29. The minimum atomic E-state index is 0.243. The van der Waals surface area contributed by atoms with Gasteiger partial charge in [0.25, 0.3) is 0 Å². The summed E-state index contributed by atoms with van der Waals surface area (Å²) in [4.78, 5) is 2.48. The van der Waals surface area contributed by atoms with E-state index in [0.29, 0.717) is 5.92 Å². The van der Waals surface area contributed by atoms with Gasteiger partial charge in [-0.2, -0.15) is 0 Å². The van der Waals surface area contributed by atoms with Crippen LogP contribution in [0.2, 0.25) is 0 Å². The summed E-state index contributed by atoms with van der Waals surface area (Å²) in [5.41, 5.74) is 9.16. The highest BCUT2D eigenvalue weighted by Crippen LogP contribution is 2.33. The zero-order chi connectivity index (χ0) is 13.1. The van der Waals surface area contributed by atoms with Gasteiger partial charge < -0.3 is 10.6 Å². The van der Waals surface area contributed by atoms with Crippen LogP contribution >= 0.6 is 0 Å². The van der Waals surface area contributed by atoms with E-state index in [0.717, 1.165) is 0 Å². The van der Waals surface area contributed by atoms with Crippen LogP contribution in [0.4, 0.5) is 5.69 Å². The summed E-state index contributed by atoms with van der Waals surface area (Å²) in [6.07, 6.45) is 9.43. The number of nitrogens with two attached hydrogens (primary N) is 1. The molecule has 1 saturated heterocycles. The van der Waals surface area contributed by atoms with Crippen LogP contribution in [0.15, 0.2) is 24.3 Å². The molecule has 2 fully saturated rings. The van der Waals surface area contributed by atoms with Gasteiger partial charge in [0.15, 0.2) is 0 Å². The monoisotopic (exact) mass is 258 g/mol. The minimum absolute atomic E-state index is 0.243. The average molecular weight is 258 g/mol. The molecule has 2 N–H and O–H groups in total. The first-order chi connectivity index (χ1) is 9.34. The molecule has 0 amide bonds. The molecule has 1 aromatic rings. The Bertz CT molecular complexity index is 386. The summed E-state index contributed by atoms with van der Waals surface area (Å²) < 4.78 is 0. The molecule has 3 rings (SSSR count). The minimum Gasteiger partial charge on any atom is -0.372 e. The smallest absolute Gasteiger partial charge is 0.0366 e. The summed E-state index contributed by atoms with van der Waals surface area (Å²) in [5.74, 6) is 0.700. The zero-order valence-corrected chi connectivity index (χ0v) is 11.9. The molecule has 0 bridgehead atoms. The average Bonchev–Trinajstić information content (AvgIpc) is 3.02. The molecule has 0 aromatic heterocycles. The predicted octanol–water partition coefficient (Wildman–Crippen LogP) is 3.87. The van der Waals surface area contributed by atoms with E-state index in [-0.39, 0.29) is 6.04 Å². The molecule has 104 valence electrons. The molecule has 1 aliphatic carbocycles. The highest BCUT2D eigenvalue weighted by Gasteiger charge is 2.22. The van der Waals surface area contributed by atoms with Gasteiger partial charge in [-0.15, -0.1) is 0 Å². The lowest BCUT2D eigenvalue weighted by Crippen LogP contribution is -2.23. The van der Waals surface area contributed by atoms with Crippen molar-refractivity contribution in [1.29, 1.82) is 0 Å². The zero-order valence-electron chi connectivity index (χ0n) is 11.9. The first kappa shape index (κ1) is 13.0. The standard InChI is InChI=1S/C17H26N2/c18-17(14-6-2-1-3-7-14)15-8-10-16(11-9-15)19-12-4-5-13-19/h8-11,14,17H,1-7,12-13,18H2/t17-/m1/s1. The van der Waals surface area contributed by atoms with Crippen molar-refractivity contribution in [3.05, 3.63) is 29.8 Å². The number of hydrogen-bond acceptors (Lipinski definition) is 2. The first-order valence-electron chi connectivity index (χ1n) is 7.95. The largest absolute Gasteiger partial charge is 0.372 e. The van der Waals surface area contributed by atoms with Crippen molar-refractivity contribution in [2.24, 2.45) is 11.7 Å². The lowest BCUT2D eigenvalue weighted by molar-refractivity contribution is 0.308. The van der Waals surface area contributed by atoms with Gasteiger partial charge in [0.1, 0.15) is 0 Å². The Morgan fingerprint density at radius 3 is 2.16 bits per heavy atom. The molecule has 1 aromatic carbocycles. The Labute approximate surface area is 117 Å².